The van der Waals surface area contributed by atoms with E-state index >= 15 is 0 Å². The normalized spacial score (nSPS) is 12.2. The molecule has 0 aliphatic carbocycles. The van der Waals surface area contributed by atoms with Crippen LogP contribution in [-0.2, 0) is 0 Å². The van der Waals surface area contributed by atoms with E-state index in [1.54, 1.807) is 12.1 Å². The lowest BCUT2D eigenvalue weighted by Gasteiger charge is -2.17. The van der Waals surface area contributed by atoms with Gasteiger partial charge in [-0.25, -0.2) is 0 Å². The second kappa shape index (κ2) is 5.83. The van der Waals surface area contributed by atoms with Crippen molar-refractivity contribution in [1.82, 2.24) is 0 Å². The van der Waals surface area contributed by atoms with E-state index in [2.05, 4.69) is 12.2 Å². The number of benzene rings is 2. The molecule has 0 amide bonds. The molecule has 2 aromatic rings. The highest BCUT2D eigenvalue weighted by atomic mass is 35.5. The summed E-state index contributed by atoms with van der Waals surface area (Å²) in [6, 6.07) is 13.2. The van der Waals surface area contributed by atoms with Gasteiger partial charge in [-0.05, 0) is 42.8 Å². The van der Waals surface area contributed by atoms with Gasteiger partial charge in [-0.3, -0.25) is 0 Å². The van der Waals surface area contributed by atoms with Crippen LogP contribution < -0.4 is 5.32 Å². The van der Waals surface area contributed by atoms with Crippen LogP contribution >= 0.6 is 34.8 Å². The van der Waals surface area contributed by atoms with E-state index in [0.717, 1.165) is 16.3 Å². The lowest BCUT2D eigenvalue weighted by molar-refractivity contribution is 0.885. The van der Waals surface area contributed by atoms with Crippen molar-refractivity contribution >= 4 is 40.5 Å². The predicted molar refractivity (Wildman–Crippen MR) is 80.0 cm³/mol. The Labute approximate surface area is 122 Å². The second-order valence-corrected chi connectivity index (χ2v) is 5.32. The van der Waals surface area contributed by atoms with Crippen molar-refractivity contribution in [1.29, 1.82) is 0 Å². The zero-order valence-electron chi connectivity index (χ0n) is 9.75. The van der Waals surface area contributed by atoms with Crippen LogP contribution in [0.2, 0.25) is 15.1 Å². The largest absolute Gasteiger partial charge is 0.377 e. The molecule has 0 saturated carbocycles. The van der Waals surface area contributed by atoms with Crippen LogP contribution in [0.5, 0.6) is 0 Å². The van der Waals surface area contributed by atoms with E-state index in [4.69, 9.17) is 34.8 Å². The maximum Gasteiger partial charge on any atom is 0.0638 e. The molecule has 0 spiro atoms. The molecule has 0 radical (unpaired) electrons. The monoisotopic (exact) mass is 299 g/mol. The smallest absolute Gasteiger partial charge is 0.0638 e. The highest BCUT2D eigenvalue weighted by Gasteiger charge is 2.08. The Kier molecular flexibility index (Phi) is 4.39. The van der Waals surface area contributed by atoms with Gasteiger partial charge in [-0.15, -0.1) is 0 Å². The van der Waals surface area contributed by atoms with Crippen molar-refractivity contribution in [2.75, 3.05) is 5.32 Å². The lowest BCUT2D eigenvalue weighted by atomic mass is 10.1. The molecule has 1 unspecified atom stereocenters. The van der Waals surface area contributed by atoms with Crippen molar-refractivity contribution in [3.05, 3.63) is 63.1 Å². The maximum atomic E-state index is 6.11. The average Bonchev–Trinajstić information content (AvgIpc) is 2.34. The fourth-order valence-corrected chi connectivity index (χ4v) is 2.15. The summed E-state index contributed by atoms with van der Waals surface area (Å²) in [6.07, 6.45) is 0. The summed E-state index contributed by atoms with van der Waals surface area (Å²) in [7, 11) is 0. The van der Waals surface area contributed by atoms with Gasteiger partial charge in [0.1, 0.15) is 0 Å². The molecule has 0 fully saturated rings. The van der Waals surface area contributed by atoms with Crippen LogP contribution in [0.1, 0.15) is 18.5 Å². The van der Waals surface area contributed by atoms with Crippen molar-refractivity contribution in [2.24, 2.45) is 0 Å². The number of halogens is 3. The van der Waals surface area contributed by atoms with Crippen molar-refractivity contribution in [3.63, 3.8) is 0 Å². The highest BCUT2D eigenvalue weighted by Crippen LogP contribution is 2.29. The fourth-order valence-electron chi connectivity index (χ4n) is 1.68. The number of nitrogens with one attached hydrogen (secondary N) is 1. The molecule has 0 heterocycles. The third-order valence-electron chi connectivity index (χ3n) is 2.67. The van der Waals surface area contributed by atoms with Gasteiger partial charge in [0.15, 0.2) is 0 Å². The third kappa shape index (κ3) is 3.32. The van der Waals surface area contributed by atoms with Gasteiger partial charge >= 0.3 is 0 Å². The molecule has 0 aliphatic heterocycles. The minimum absolute atomic E-state index is 0.123. The number of hydrogen-bond donors (Lipinski definition) is 1. The SMILES string of the molecule is CC(Nc1cc(Cl)ccc1Cl)c1ccc(Cl)cc1. The average molecular weight is 301 g/mol. The predicted octanol–water partition coefficient (Wildman–Crippen LogP) is 5.82. The van der Waals surface area contributed by atoms with Crippen molar-refractivity contribution in [2.45, 2.75) is 13.0 Å². The first-order valence-corrected chi connectivity index (χ1v) is 6.66. The highest BCUT2D eigenvalue weighted by molar-refractivity contribution is 6.35. The van der Waals surface area contributed by atoms with Crippen LogP contribution in [-0.4, -0.2) is 0 Å². The van der Waals surface area contributed by atoms with E-state index in [9.17, 15) is 0 Å². The summed E-state index contributed by atoms with van der Waals surface area (Å²) in [4.78, 5) is 0. The molecular weight excluding hydrogens is 289 g/mol. The first-order valence-electron chi connectivity index (χ1n) is 5.53. The molecule has 0 aromatic heterocycles. The number of hydrogen-bond acceptors (Lipinski definition) is 1. The minimum atomic E-state index is 0.123. The van der Waals surface area contributed by atoms with Gasteiger partial charge in [0.05, 0.1) is 10.7 Å². The Morgan fingerprint density at radius 1 is 0.889 bits per heavy atom. The Morgan fingerprint density at radius 2 is 1.50 bits per heavy atom. The fraction of sp³-hybridized carbons (Fsp3) is 0.143. The quantitative estimate of drug-likeness (QED) is 0.753. The molecule has 1 N–H and O–H groups in total. The summed E-state index contributed by atoms with van der Waals surface area (Å²) in [5.41, 5.74) is 1.96. The van der Waals surface area contributed by atoms with Crippen molar-refractivity contribution < 1.29 is 0 Å². The van der Waals surface area contributed by atoms with Gasteiger partial charge in [-0.1, -0.05) is 46.9 Å². The molecule has 1 nitrogen and oxygen atoms in total. The second-order valence-electron chi connectivity index (χ2n) is 4.04. The van der Waals surface area contributed by atoms with Crippen LogP contribution in [0.25, 0.3) is 0 Å². The van der Waals surface area contributed by atoms with E-state index in [1.165, 1.54) is 0 Å². The number of rotatable bonds is 3. The zero-order chi connectivity index (χ0) is 13.1. The van der Waals surface area contributed by atoms with Crippen LogP contribution in [0.15, 0.2) is 42.5 Å². The standard InChI is InChI=1S/C14H12Cl3N/c1-9(10-2-4-11(15)5-3-10)18-14-8-12(16)6-7-13(14)17/h2-9,18H,1H3. The molecule has 2 aromatic carbocycles. The molecular formula is C14H12Cl3N. The summed E-state index contributed by atoms with van der Waals surface area (Å²) < 4.78 is 0. The zero-order valence-corrected chi connectivity index (χ0v) is 12.0. The first-order chi connectivity index (χ1) is 8.56. The minimum Gasteiger partial charge on any atom is -0.377 e. The van der Waals surface area contributed by atoms with Gasteiger partial charge in [0.2, 0.25) is 0 Å². The van der Waals surface area contributed by atoms with Crippen molar-refractivity contribution in [3.8, 4) is 0 Å². The summed E-state index contributed by atoms with van der Waals surface area (Å²) in [5, 5.41) is 5.37. The molecule has 18 heavy (non-hydrogen) atoms. The molecule has 1 atom stereocenters. The van der Waals surface area contributed by atoms with E-state index in [-0.39, 0.29) is 6.04 Å². The third-order valence-corrected chi connectivity index (χ3v) is 3.49. The van der Waals surface area contributed by atoms with Gasteiger partial charge < -0.3 is 5.32 Å². The summed E-state index contributed by atoms with van der Waals surface area (Å²) >= 11 is 17.9. The molecule has 2 rings (SSSR count). The van der Waals surface area contributed by atoms with Crippen LogP contribution in [0.3, 0.4) is 0 Å². The first kappa shape index (κ1) is 13.5. The molecule has 0 bridgehead atoms. The van der Waals surface area contributed by atoms with Crippen LogP contribution in [0.4, 0.5) is 5.69 Å². The number of anilines is 1. The van der Waals surface area contributed by atoms with E-state index in [1.807, 2.05) is 30.3 Å². The van der Waals surface area contributed by atoms with E-state index in [0.29, 0.717) is 10.0 Å². The molecule has 4 heteroatoms. The van der Waals surface area contributed by atoms with Gasteiger partial charge in [0.25, 0.3) is 0 Å². The van der Waals surface area contributed by atoms with Gasteiger partial charge in [-0.2, -0.15) is 0 Å². The molecule has 0 aliphatic rings. The topological polar surface area (TPSA) is 12.0 Å². The van der Waals surface area contributed by atoms with E-state index < -0.39 is 0 Å². The summed E-state index contributed by atoms with van der Waals surface area (Å²) in [5.74, 6) is 0. The Bertz CT molecular complexity index is 537. The summed E-state index contributed by atoms with van der Waals surface area (Å²) in [6.45, 7) is 2.06. The Morgan fingerprint density at radius 3 is 2.17 bits per heavy atom. The Balaban J connectivity index is 2.18. The lowest BCUT2D eigenvalue weighted by Crippen LogP contribution is -2.06. The maximum absolute atomic E-state index is 6.11. The Hall–Kier alpha value is -0.890. The van der Waals surface area contributed by atoms with Gasteiger partial charge in [0, 0.05) is 16.1 Å². The van der Waals surface area contributed by atoms with Crippen LogP contribution in [0, 0.1) is 0 Å². The molecule has 0 saturated heterocycles. The molecule has 94 valence electrons.